The van der Waals surface area contributed by atoms with Crippen LogP contribution in [0.15, 0.2) is 109 Å². The monoisotopic (exact) mass is 760 g/mol. The Morgan fingerprint density at radius 2 is 1.02 bits per heavy atom. The minimum atomic E-state index is -0.386. The predicted octanol–water partition coefficient (Wildman–Crippen LogP) is 7.93. The number of halogens is 1. The summed E-state index contributed by atoms with van der Waals surface area (Å²) in [5, 5.41) is 8.97. The second kappa shape index (κ2) is 17.3. The number of carbonyl (C=O) groups is 2. The maximum Gasteiger partial charge on any atom is 0.410 e. The minimum absolute atomic E-state index is 0.00694. The van der Waals surface area contributed by atoms with Gasteiger partial charge in [0.15, 0.2) is 0 Å². The van der Waals surface area contributed by atoms with Gasteiger partial charge in [0.25, 0.3) is 0 Å². The second-order valence-electron chi connectivity index (χ2n) is 15.9. The molecular formula is C46H53ClN4O4. The van der Waals surface area contributed by atoms with Gasteiger partial charge in [-0.05, 0) is 122 Å². The van der Waals surface area contributed by atoms with Crippen LogP contribution in [0.3, 0.4) is 0 Å². The number of ether oxygens (including phenoxy) is 1. The molecule has 0 spiro atoms. The van der Waals surface area contributed by atoms with Gasteiger partial charge in [-0.3, -0.25) is 14.6 Å². The molecule has 6 saturated heterocycles. The van der Waals surface area contributed by atoms with E-state index in [0.29, 0.717) is 24.9 Å². The van der Waals surface area contributed by atoms with Crippen molar-refractivity contribution >= 4 is 23.1 Å². The van der Waals surface area contributed by atoms with Crippen LogP contribution in [0.2, 0.25) is 0 Å². The number of rotatable bonds is 3. The average molecular weight is 761 g/mol. The first-order chi connectivity index (χ1) is 26.9. The van der Waals surface area contributed by atoms with Gasteiger partial charge in [-0.15, -0.1) is 0 Å². The van der Waals surface area contributed by atoms with E-state index in [9.17, 15) is 14.7 Å². The van der Waals surface area contributed by atoms with E-state index in [4.69, 9.17) is 16.3 Å². The normalized spacial score (nSPS) is 28.7. The SMILES string of the molecule is O=C(Cl)N1CCc2ccccc2C1c1ccccc1.O=C(OC1CN2CCC1CC2)N1CCc2ccccc2C1c1ccccc1.OC1CN2CCC1CC2. The van der Waals surface area contributed by atoms with Crippen molar-refractivity contribution in [3.05, 3.63) is 143 Å². The molecule has 0 saturated carbocycles. The van der Waals surface area contributed by atoms with E-state index in [1.54, 1.807) is 4.90 Å². The van der Waals surface area contributed by atoms with E-state index in [1.165, 1.54) is 48.2 Å². The van der Waals surface area contributed by atoms with Gasteiger partial charge >= 0.3 is 11.5 Å². The first-order valence-corrected chi connectivity index (χ1v) is 20.6. The fourth-order valence-electron chi connectivity index (χ4n) is 9.68. The van der Waals surface area contributed by atoms with E-state index in [1.807, 2.05) is 65.6 Å². The van der Waals surface area contributed by atoms with Crippen molar-refractivity contribution in [1.29, 1.82) is 0 Å². The Kier molecular flexibility index (Phi) is 11.9. The fraction of sp³-hybridized carbons (Fsp3) is 0.435. The fourth-order valence-corrected chi connectivity index (χ4v) is 9.87. The van der Waals surface area contributed by atoms with E-state index in [-0.39, 0.29) is 35.8 Å². The molecule has 8 aliphatic heterocycles. The van der Waals surface area contributed by atoms with E-state index >= 15 is 0 Å². The molecule has 9 heteroatoms. The van der Waals surface area contributed by atoms with Gasteiger partial charge in [0.05, 0.1) is 18.2 Å². The van der Waals surface area contributed by atoms with Crippen LogP contribution in [0.4, 0.5) is 9.59 Å². The molecule has 4 unspecified atom stereocenters. The zero-order valence-corrected chi connectivity index (χ0v) is 32.4. The maximum absolute atomic E-state index is 13.2. The summed E-state index contributed by atoms with van der Waals surface area (Å²) in [4.78, 5) is 33.4. The van der Waals surface area contributed by atoms with Crippen LogP contribution in [0.25, 0.3) is 0 Å². The Labute approximate surface area is 330 Å². The highest BCUT2D eigenvalue weighted by molar-refractivity contribution is 6.62. The largest absolute Gasteiger partial charge is 0.444 e. The highest BCUT2D eigenvalue weighted by Gasteiger charge is 2.40. The number of benzene rings is 4. The summed E-state index contributed by atoms with van der Waals surface area (Å²) in [6.07, 6.45) is 6.39. The van der Waals surface area contributed by atoms with Crippen LogP contribution in [0.1, 0.15) is 71.1 Å². The van der Waals surface area contributed by atoms with Gasteiger partial charge in [0, 0.05) is 26.2 Å². The molecule has 0 aliphatic carbocycles. The third-order valence-corrected chi connectivity index (χ3v) is 12.9. The van der Waals surface area contributed by atoms with Crippen LogP contribution >= 0.6 is 11.6 Å². The molecular weight excluding hydrogens is 708 g/mol. The van der Waals surface area contributed by atoms with Gasteiger partial charge in [0.1, 0.15) is 6.10 Å². The quantitative estimate of drug-likeness (QED) is 0.169. The Balaban J connectivity index is 0.000000131. The summed E-state index contributed by atoms with van der Waals surface area (Å²) >= 11 is 5.75. The predicted molar refractivity (Wildman–Crippen MR) is 216 cm³/mol. The second-order valence-corrected chi connectivity index (χ2v) is 16.3. The van der Waals surface area contributed by atoms with Crippen molar-refractivity contribution < 1.29 is 19.4 Å². The third kappa shape index (κ3) is 8.48. The van der Waals surface area contributed by atoms with Gasteiger partial charge in [0.2, 0.25) is 0 Å². The molecule has 0 aromatic heterocycles. The Bertz CT molecular complexity index is 1900. The van der Waals surface area contributed by atoms with Crippen LogP contribution < -0.4 is 0 Å². The molecule has 12 rings (SSSR count). The third-order valence-electron chi connectivity index (χ3n) is 12.7. The molecule has 1 N–H and O–H groups in total. The Morgan fingerprint density at radius 1 is 0.564 bits per heavy atom. The molecule has 8 nitrogen and oxygen atoms in total. The first kappa shape index (κ1) is 37.7. The number of piperidine rings is 6. The van der Waals surface area contributed by atoms with Gasteiger partial charge < -0.3 is 19.6 Å². The van der Waals surface area contributed by atoms with Crippen LogP contribution in [0, 0.1) is 11.8 Å². The molecule has 55 heavy (non-hydrogen) atoms. The van der Waals surface area contributed by atoms with E-state index in [0.717, 1.165) is 63.0 Å². The van der Waals surface area contributed by atoms with Crippen molar-refractivity contribution in [2.45, 2.75) is 62.8 Å². The maximum atomic E-state index is 13.2. The summed E-state index contributed by atoms with van der Waals surface area (Å²) in [5.41, 5.74) is 7.28. The average Bonchev–Trinajstić information content (AvgIpc) is 3.24. The standard InChI is InChI=1S/C23H26N2O2.C16H14ClNO.C7H13NO/c26-23(27-21-16-24-13-10-18(21)11-14-24)25-15-12-17-6-4-5-9-20(17)22(25)19-7-2-1-3-8-19;17-16(19)18-11-10-12-6-4-5-9-14(12)15(18)13-7-2-1-3-8-13;9-7-5-8-3-1-6(7)2-4-8/h1-9,18,21-22H,10-16H2;1-9,15H,10-11H2;6-7,9H,1-5H2. The molecule has 288 valence electrons. The summed E-state index contributed by atoms with van der Waals surface area (Å²) in [7, 11) is 0. The van der Waals surface area contributed by atoms with Crippen LogP contribution in [-0.4, -0.2) is 101 Å². The van der Waals surface area contributed by atoms with E-state index in [2.05, 4.69) is 58.3 Å². The minimum Gasteiger partial charge on any atom is -0.444 e. The van der Waals surface area contributed by atoms with Crippen molar-refractivity contribution in [3.63, 3.8) is 0 Å². The van der Waals surface area contributed by atoms with Crippen LogP contribution in [0.5, 0.6) is 0 Å². The summed E-state index contributed by atoms with van der Waals surface area (Å²) in [5.74, 6) is 1.17. The molecule has 4 aromatic carbocycles. The zero-order valence-electron chi connectivity index (χ0n) is 31.6. The van der Waals surface area contributed by atoms with Gasteiger partial charge in [-0.25, -0.2) is 4.79 Å². The van der Waals surface area contributed by atoms with E-state index < -0.39 is 0 Å². The van der Waals surface area contributed by atoms with Crippen molar-refractivity contribution in [3.8, 4) is 0 Å². The summed E-state index contributed by atoms with van der Waals surface area (Å²) in [6, 6.07) is 37.0. The molecule has 4 aromatic rings. The van der Waals surface area contributed by atoms with Crippen molar-refractivity contribution in [2.75, 3.05) is 52.4 Å². The Morgan fingerprint density at radius 3 is 1.45 bits per heavy atom. The molecule has 8 heterocycles. The molecule has 4 atom stereocenters. The lowest BCUT2D eigenvalue weighted by Crippen LogP contribution is -2.53. The number of hydrogen-bond acceptors (Lipinski definition) is 6. The number of nitrogens with zero attached hydrogens (tertiary/aromatic N) is 4. The lowest BCUT2D eigenvalue weighted by molar-refractivity contribution is -0.0462. The number of fused-ring (bicyclic) bond motifs is 8. The topological polar surface area (TPSA) is 76.6 Å². The zero-order chi connectivity index (χ0) is 37.7. The first-order valence-electron chi connectivity index (χ1n) is 20.2. The number of aliphatic hydroxyl groups excluding tert-OH is 1. The molecule has 8 aliphatic rings. The smallest absolute Gasteiger partial charge is 0.410 e. The number of aliphatic hydroxyl groups is 1. The number of hydrogen-bond donors (Lipinski definition) is 1. The van der Waals surface area contributed by atoms with Gasteiger partial charge in [-0.1, -0.05) is 109 Å². The molecule has 4 bridgehead atoms. The lowest BCUT2D eigenvalue weighted by atomic mass is 9.86. The molecule has 6 fully saturated rings. The van der Waals surface area contributed by atoms with Crippen molar-refractivity contribution in [1.82, 2.24) is 19.6 Å². The molecule has 0 radical (unpaired) electrons. The summed E-state index contributed by atoms with van der Waals surface area (Å²) < 4.78 is 6.08. The highest BCUT2D eigenvalue weighted by Crippen LogP contribution is 2.38. The van der Waals surface area contributed by atoms with Gasteiger partial charge in [-0.2, -0.15) is 0 Å². The summed E-state index contributed by atoms with van der Waals surface area (Å²) in [6.45, 7) is 7.96. The van der Waals surface area contributed by atoms with Crippen molar-refractivity contribution in [2.24, 2.45) is 11.8 Å². The Hall–Kier alpha value is -4.21. The lowest BCUT2D eigenvalue weighted by Gasteiger charge is -2.45. The van der Waals surface area contributed by atoms with Crippen LogP contribution in [-0.2, 0) is 17.6 Å². The molecule has 2 amide bonds. The number of amides is 2. The highest BCUT2D eigenvalue weighted by atomic mass is 35.5. The number of carbonyl (C=O) groups excluding carboxylic acids is 2.